The zero-order valence-corrected chi connectivity index (χ0v) is 20.8. The molecular formula is C27H34N6O3. The molecule has 1 saturated heterocycles. The van der Waals surface area contributed by atoms with Gasteiger partial charge in [0, 0.05) is 37.7 Å². The highest BCUT2D eigenvalue weighted by atomic mass is 16.5. The van der Waals surface area contributed by atoms with E-state index in [1.165, 1.54) is 17.8 Å². The molecule has 1 aliphatic rings. The number of hydroxylamine groups is 2. The minimum absolute atomic E-state index is 0.154. The number of piperazine rings is 1. The van der Waals surface area contributed by atoms with Crippen LogP contribution in [0.1, 0.15) is 37.0 Å². The SMILES string of the molecule is C=CCC.CC/C=C(/NO)C1CN(c2ncc(C(=O)NO)cn2)CCN1c1ccc2ccccc2c1. The summed E-state index contributed by atoms with van der Waals surface area (Å²) in [5.74, 6) is -0.176. The summed E-state index contributed by atoms with van der Waals surface area (Å²) in [5, 5.41) is 21.0. The van der Waals surface area contributed by atoms with E-state index in [1.807, 2.05) is 36.1 Å². The number of aromatic nitrogens is 2. The van der Waals surface area contributed by atoms with E-state index in [0.29, 0.717) is 31.3 Å². The van der Waals surface area contributed by atoms with Gasteiger partial charge in [-0.25, -0.2) is 15.4 Å². The first kappa shape index (κ1) is 26.7. The van der Waals surface area contributed by atoms with E-state index in [1.54, 1.807) is 5.48 Å². The average molecular weight is 491 g/mol. The van der Waals surface area contributed by atoms with Crippen LogP contribution in [0, 0.1) is 0 Å². The second-order valence-corrected chi connectivity index (χ2v) is 8.28. The van der Waals surface area contributed by atoms with Crippen LogP contribution in [0.2, 0.25) is 0 Å². The van der Waals surface area contributed by atoms with Crippen LogP contribution in [-0.2, 0) is 0 Å². The summed E-state index contributed by atoms with van der Waals surface area (Å²) in [7, 11) is 0. The van der Waals surface area contributed by atoms with Crippen molar-refractivity contribution in [3.8, 4) is 0 Å². The molecule has 1 atom stereocenters. The van der Waals surface area contributed by atoms with Gasteiger partial charge in [-0.15, -0.1) is 6.58 Å². The van der Waals surface area contributed by atoms with Crippen molar-refractivity contribution in [1.29, 1.82) is 0 Å². The molecule has 0 radical (unpaired) electrons. The van der Waals surface area contributed by atoms with Gasteiger partial charge in [0.1, 0.15) is 0 Å². The number of carbonyl (C=O) groups excluding carboxylic acids is 1. The van der Waals surface area contributed by atoms with Crippen molar-refractivity contribution < 1.29 is 15.2 Å². The van der Waals surface area contributed by atoms with Gasteiger partial charge >= 0.3 is 0 Å². The summed E-state index contributed by atoms with van der Waals surface area (Å²) in [6.45, 7) is 9.46. The van der Waals surface area contributed by atoms with Crippen LogP contribution < -0.4 is 20.8 Å². The third kappa shape index (κ3) is 6.38. The summed E-state index contributed by atoms with van der Waals surface area (Å²) >= 11 is 0. The predicted octanol–water partition coefficient (Wildman–Crippen LogP) is 4.30. The van der Waals surface area contributed by atoms with Crippen molar-refractivity contribution in [2.24, 2.45) is 0 Å². The largest absolute Gasteiger partial charge is 0.359 e. The highest BCUT2D eigenvalue weighted by Crippen LogP contribution is 2.28. The van der Waals surface area contributed by atoms with Crippen molar-refractivity contribution in [2.75, 3.05) is 29.4 Å². The molecule has 3 aromatic rings. The Kier molecular flexibility index (Phi) is 9.79. The summed E-state index contributed by atoms with van der Waals surface area (Å²) < 4.78 is 0. The molecule has 1 fully saturated rings. The van der Waals surface area contributed by atoms with Gasteiger partial charge in [0.05, 0.1) is 17.3 Å². The molecule has 0 bridgehead atoms. The zero-order chi connectivity index (χ0) is 25.9. The van der Waals surface area contributed by atoms with Crippen molar-refractivity contribution >= 4 is 28.3 Å². The van der Waals surface area contributed by atoms with Gasteiger partial charge < -0.3 is 9.80 Å². The number of anilines is 2. The molecular weight excluding hydrogens is 456 g/mol. The molecule has 190 valence electrons. The molecule has 0 spiro atoms. The number of nitrogens with one attached hydrogen (secondary N) is 2. The van der Waals surface area contributed by atoms with E-state index in [4.69, 9.17) is 5.21 Å². The minimum Gasteiger partial charge on any atom is -0.359 e. The number of benzene rings is 2. The Morgan fingerprint density at radius 3 is 2.36 bits per heavy atom. The number of nitrogens with zero attached hydrogens (tertiary/aromatic N) is 4. The summed E-state index contributed by atoms with van der Waals surface area (Å²) in [6.07, 6.45) is 8.46. The zero-order valence-electron chi connectivity index (χ0n) is 20.8. The number of rotatable bonds is 7. The quantitative estimate of drug-likeness (QED) is 0.220. The molecule has 9 heteroatoms. The number of allylic oxidation sites excluding steroid dienone is 2. The van der Waals surface area contributed by atoms with Crippen LogP contribution in [0.4, 0.5) is 11.6 Å². The van der Waals surface area contributed by atoms with Gasteiger partial charge in [-0.1, -0.05) is 56.3 Å². The van der Waals surface area contributed by atoms with E-state index in [-0.39, 0.29) is 11.6 Å². The molecule has 1 aromatic heterocycles. The molecule has 1 unspecified atom stereocenters. The van der Waals surface area contributed by atoms with Crippen molar-refractivity contribution in [1.82, 2.24) is 20.9 Å². The molecule has 2 aromatic carbocycles. The van der Waals surface area contributed by atoms with Crippen LogP contribution in [0.3, 0.4) is 0 Å². The van der Waals surface area contributed by atoms with E-state index in [0.717, 1.165) is 23.9 Å². The van der Waals surface area contributed by atoms with Crippen molar-refractivity contribution in [3.05, 3.63) is 84.8 Å². The first-order chi connectivity index (χ1) is 17.6. The Balaban J connectivity index is 0.000000840. The van der Waals surface area contributed by atoms with Gasteiger partial charge in [-0.2, -0.15) is 0 Å². The third-order valence-electron chi connectivity index (χ3n) is 5.93. The lowest BCUT2D eigenvalue weighted by Crippen LogP contribution is -2.56. The highest BCUT2D eigenvalue weighted by molar-refractivity contribution is 5.92. The fourth-order valence-electron chi connectivity index (χ4n) is 4.04. The van der Waals surface area contributed by atoms with Crippen LogP contribution in [0.25, 0.3) is 10.8 Å². The molecule has 2 heterocycles. The monoisotopic (exact) mass is 490 g/mol. The molecule has 36 heavy (non-hydrogen) atoms. The number of amides is 1. The second kappa shape index (κ2) is 13.2. The Labute approximate surface area is 211 Å². The molecule has 4 N–H and O–H groups in total. The van der Waals surface area contributed by atoms with E-state index in [2.05, 4.69) is 64.2 Å². The Morgan fingerprint density at radius 1 is 1.06 bits per heavy atom. The van der Waals surface area contributed by atoms with Crippen molar-refractivity contribution in [3.63, 3.8) is 0 Å². The van der Waals surface area contributed by atoms with E-state index in [9.17, 15) is 10.0 Å². The minimum atomic E-state index is -0.659. The Bertz CT molecular complexity index is 1180. The topological polar surface area (TPSA) is 114 Å². The average Bonchev–Trinajstić information content (AvgIpc) is 2.95. The lowest BCUT2D eigenvalue weighted by Gasteiger charge is -2.43. The standard InChI is InChI=1S/C23H26N6O3.C4H8/c1-2-5-20(26-31)21-15-28(23-24-13-18(14-25-23)22(30)27-32)10-11-29(21)19-9-8-16-6-3-4-7-17(16)12-19;1-3-4-2/h3-9,12-14,21,26,31-32H,2,10-11,15H2,1H3,(H,27,30);3H,1,4H2,2H3/b20-5+;. The Hall–Kier alpha value is -3.95. The number of carbonyl (C=O) groups is 1. The smallest absolute Gasteiger partial charge is 0.277 e. The summed E-state index contributed by atoms with van der Waals surface area (Å²) in [4.78, 5) is 24.4. The lowest BCUT2D eigenvalue weighted by molar-refractivity contribution is 0.0705. The second-order valence-electron chi connectivity index (χ2n) is 8.28. The molecule has 9 nitrogen and oxygen atoms in total. The van der Waals surface area contributed by atoms with Gasteiger partial charge in [0.15, 0.2) is 0 Å². The molecule has 0 aliphatic carbocycles. The van der Waals surface area contributed by atoms with Crippen LogP contribution in [0.15, 0.2) is 79.3 Å². The van der Waals surface area contributed by atoms with Crippen molar-refractivity contribution in [2.45, 2.75) is 32.7 Å². The maximum absolute atomic E-state index is 11.5. The fraction of sp³-hybridized carbons (Fsp3) is 0.296. The molecule has 0 saturated carbocycles. The molecule has 4 rings (SSSR count). The van der Waals surface area contributed by atoms with Crippen LogP contribution in [-0.4, -0.2) is 52.0 Å². The van der Waals surface area contributed by atoms with Crippen LogP contribution in [0.5, 0.6) is 0 Å². The first-order valence-corrected chi connectivity index (χ1v) is 12.0. The number of fused-ring (bicyclic) bond motifs is 1. The predicted molar refractivity (Wildman–Crippen MR) is 142 cm³/mol. The Morgan fingerprint density at radius 2 is 1.75 bits per heavy atom. The third-order valence-corrected chi connectivity index (χ3v) is 5.93. The number of hydrogen-bond donors (Lipinski definition) is 4. The maximum Gasteiger partial charge on any atom is 0.277 e. The first-order valence-electron chi connectivity index (χ1n) is 12.0. The van der Waals surface area contributed by atoms with E-state index < -0.39 is 5.91 Å². The van der Waals surface area contributed by atoms with Crippen LogP contribution >= 0.6 is 0 Å². The van der Waals surface area contributed by atoms with E-state index >= 15 is 0 Å². The summed E-state index contributed by atoms with van der Waals surface area (Å²) in [5.41, 5.74) is 5.92. The maximum atomic E-state index is 11.5. The lowest BCUT2D eigenvalue weighted by atomic mass is 10.0. The molecule has 1 amide bonds. The fourth-order valence-corrected chi connectivity index (χ4v) is 4.04. The molecule has 1 aliphatic heterocycles. The highest BCUT2D eigenvalue weighted by Gasteiger charge is 2.31. The normalized spacial score (nSPS) is 15.7. The van der Waals surface area contributed by atoms with Gasteiger partial charge in [-0.3, -0.25) is 20.7 Å². The van der Waals surface area contributed by atoms with Gasteiger partial charge in [0.25, 0.3) is 5.91 Å². The van der Waals surface area contributed by atoms with Gasteiger partial charge in [0.2, 0.25) is 5.95 Å². The van der Waals surface area contributed by atoms with Gasteiger partial charge in [-0.05, 0) is 35.7 Å². The number of hydrogen-bond acceptors (Lipinski definition) is 8. The summed E-state index contributed by atoms with van der Waals surface area (Å²) in [6, 6.07) is 14.5.